The van der Waals surface area contributed by atoms with Gasteiger partial charge in [-0.2, -0.15) is 13.2 Å². The molecule has 0 aliphatic carbocycles. The Labute approximate surface area is 150 Å². The Morgan fingerprint density at radius 2 is 1.92 bits per heavy atom. The Bertz CT molecular complexity index is 746. The number of benzene rings is 2. The van der Waals surface area contributed by atoms with Gasteiger partial charge in [0.1, 0.15) is 0 Å². The van der Waals surface area contributed by atoms with E-state index in [0.717, 1.165) is 22.4 Å². The lowest BCUT2D eigenvalue weighted by atomic mass is 9.95. The summed E-state index contributed by atoms with van der Waals surface area (Å²) in [6.07, 6.45) is -4.84. The van der Waals surface area contributed by atoms with Gasteiger partial charge in [-0.05, 0) is 47.9 Å². The van der Waals surface area contributed by atoms with Crippen molar-refractivity contribution in [3.8, 4) is 0 Å². The highest BCUT2D eigenvalue weighted by molar-refractivity contribution is 6.30. The zero-order valence-corrected chi connectivity index (χ0v) is 14.7. The molecule has 134 valence electrons. The smallest absolute Gasteiger partial charge is 0.370 e. The van der Waals surface area contributed by atoms with Crippen molar-refractivity contribution in [1.82, 2.24) is 5.32 Å². The molecular formula is C19H20ClF3N2. The van der Waals surface area contributed by atoms with E-state index in [1.807, 2.05) is 49.5 Å². The number of hydrogen-bond donors (Lipinski definition) is 1. The van der Waals surface area contributed by atoms with Crippen molar-refractivity contribution in [3.05, 3.63) is 64.2 Å². The summed E-state index contributed by atoms with van der Waals surface area (Å²) in [4.78, 5) is 2.14. The van der Waals surface area contributed by atoms with Crippen molar-refractivity contribution in [2.45, 2.75) is 31.6 Å². The monoisotopic (exact) mass is 368 g/mol. The summed E-state index contributed by atoms with van der Waals surface area (Å²) in [6, 6.07) is 13.6. The van der Waals surface area contributed by atoms with Gasteiger partial charge in [0.05, 0.1) is 6.04 Å². The Morgan fingerprint density at radius 1 is 1.16 bits per heavy atom. The standard InChI is InChI=1S/C19H20ClF3N2/c1-25-12-13-11-14(20)7-8-15(13)18(16-5-2-3-6-17(16)25)24-10-4-9-19(21,22)23/h2-3,5-8,11,18,24H,4,9-10,12H2,1H3. The SMILES string of the molecule is CN1Cc2cc(Cl)ccc2C(NCCCC(F)(F)F)c2ccccc21. The first-order valence-corrected chi connectivity index (χ1v) is 8.61. The first-order valence-electron chi connectivity index (χ1n) is 8.24. The first-order chi connectivity index (χ1) is 11.8. The molecule has 0 radical (unpaired) electrons. The predicted octanol–water partition coefficient (Wildman–Crippen LogP) is 5.31. The molecule has 1 N–H and O–H groups in total. The minimum absolute atomic E-state index is 0.0565. The number of nitrogens with zero attached hydrogens (tertiary/aromatic N) is 1. The summed E-state index contributed by atoms with van der Waals surface area (Å²) in [5, 5.41) is 3.98. The number of hydrogen-bond acceptors (Lipinski definition) is 2. The molecule has 6 heteroatoms. The minimum Gasteiger partial charge on any atom is -0.370 e. The molecule has 0 spiro atoms. The molecule has 0 bridgehead atoms. The largest absolute Gasteiger partial charge is 0.389 e. The molecule has 1 atom stereocenters. The molecule has 2 nitrogen and oxygen atoms in total. The van der Waals surface area contributed by atoms with Crippen LogP contribution in [0.3, 0.4) is 0 Å². The van der Waals surface area contributed by atoms with E-state index >= 15 is 0 Å². The lowest BCUT2D eigenvalue weighted by molar-refractivity contribution is -0.135. The maximum atomic E-state index is 12.4. The van der Waals surface area contributed by atoms with E-state index in [0.29, 0.717) is 18.1 Å². The zero-order chi connectivity index (χ0) is 18.0. The first kappa shape index (κ1) is 18.1. The van der Waals surface area contributed by atoms with Gasteiger partial charge in [0.25, 0.3) is 0 Å². The summed E-state index contributed by atoms with van der Waals surface area (Å²) in [7, 11) is 2.01. The summed E-state index contributed by atoms with van der Waals surface area (Å²) >= 11 is 6.15. The van der Waals surface area contributed by atoms with Crippen molar-refractivity contribution >= 4 is 17.3 Å². The summed E-state index contributed by atoms with van der Waals surface area (Å²) in [5.74, 6) is 0. The van der Waals surface area contributed by atoms with Crippen molar-refractivity contribution in [1.29, 1.82) is 0 Å². The Balaban J connectivity index is 1.91. The molecule has 0 saturated carbocycles. The molecule has 1 unspecified atom stereocenters. The Kier molecular flexibility index (Phi) is 5.25. The van der Waals surface area contributed by atoms with Gasteiger partial charge in [-0.1, -0.05) is 35.9 Å². The van der Waals surface area contributed by atoms with Crippen molar-refractivity contribution in [3.63, 3.8) is 0 Å². The van der Waals surface area contributed by atoms with Crippen LogP contribution in [0.2, 0.25) is 5.02 Å². The van der Waals surface area contributed by atoms with Crippen LogP contribution in [-0.2, 0) is 6.54 Å². The number of halogens is 4. The second-order valence-corrected chi connectivity index (χ2v) is 6.80. The third-order valence-corrected chi connectivity index (χ3v) is 4.70. The molecule has 0 aromatic heterocycles. The minimum atomic E-state index is -4.12. The van der Waals surface area contributed by atoms with Crippen molar-refractivity contribution in [2.24, 2.45) is 0 Å². The Morgan fingerprint density at radius 3 is 2.68 bits per heavy atom. The summed E-state index contributed by atoms with van der Waals surface area (Å²) in [6.45, 7) is 0.998. The Hall–Kier alpha value is -1.72. The van der Waals surface area contributed by atoms with Crippen LogP contribution in [0.4, 0.5) is 18.9 Å². The fourth-order valence-corrected chi connectivity index (χ4v) is 3.53. The average molecular weight is 369 g/mol. The van der Waals surface area contributed by atoms with Gasteiger partial charge >= 0.3 is 6.18 Å². The fraction of sp³-hybridized carbons (Fsp3) is 0.368. The van der Waals surface area contributed by atoms with Gasteiger partial charge < -0.3 is 10.2 Å². The van der Waals surface area contributed by atoms with Crippen LogP contribution in [0.5, 0.6) is 0 Å². The van der Waals surface area contributed by atoms with Crippen LogP contribution in [0, 0.1) is 0 Å². The highest BCUT2D eigenvalue weighted by atomic mass is 35.5. The predicted molar refractivity (Wildman–Crippen MR) is 95.1 cm³/mol. The number of rotatable bonds is 4. The number of fused-ring (bicyclic) bond motifs is 2. The highest BCUT2D eigenvalue weighted by Crippen LogP contribution is 2.37. The third-order valence-electron chi connectivity index (χ3n) is 4.47. The van der Waals surface area contributed by atoms with Gasteiger partial charge in [0, 0.05) is 30.7 Å². The van der Waals surface area contributed by atoms with Gasteiger partial charge in [-0.15, -0.1) is 0 Å². The van der Waals surface area contributed by atoms with Crippen molar-refractivity contribution < 1.29 is 13.2 Å². The van der Waals surface area contributed by atoms with E-state index in [-0.39, 0.29) is 12.5 Å². The van der Waals surface area contributed by atoms with E-state index in [9.17, 15) is 13.2 Å². The molecule has 2 aromatic rings. The van der Waals surface area contributed by atoms with Crippen LogP contribution in [0.15, 0.2) is 42.5 Å². The van der Waals surface area contributed by atoms with Crippen LogP contribution >= 0.6 is 11.6 Å². The lowest BCUT2D eigenvalue weighted by Gasteiger charge is -2.23. The molecular weight excluding hydrogens is 349 g/mol. The number of para-hydroxylation sites is 1. The number of alkyl halides is 3. The molecule has 1 heterocycles. The second-order valence-electron chi connectivity index (χ2n) is 6.36. The van der Waals surface area contributed by atoms with Gasteiger partial charge in [0.2, 0.25) is 0 Å². The number of anilines is 1. The molecule has 0 saturated heterocycles. The quantitative estimate of drug-likeness (QED) is 0.735. The van der Waals surface area contributed by atoms with E-state index in [1.165, 1.54) is 0 Å². The molecule has 2 aromatic carbocycles. The molecule has 1 aliphatic rings. The summed E-state index contributed by atoms with van der Waals surface area (Å²) < 4.78 is 37.2. The zero-order valence-electron chi connectivity index (χ0n) is 13.9. The van der Waals surface area contributed by atoms with E-state index in [4.69, 9.17) is 11.6 Å². The fourth-order valence-electron chi connectivity index (χ4n) is 3.34. The maximum absolute atomic E-state index is 12.4. The molecule has 1 aliphatic heterocycles. The molecule has 0 amide bonds. The van der Waals surface area contributed by atoms with Gasteiger partial charge in [-0.25, -0.2) is 0 Å². The molecule has 3 rings (SSSR count). The average Bonchev–Trinajstić information content (AvgIpc) is 2.65. The summed E-state index contributed by atoms with van der Waals surface area (Å²) in [5.41, 5.74) is 4.29. The van der Waals surface area contributed by atoms with E-state index in [2.05, 4.69) is 10.2 Å². The van der Waals surface area contributed by atoms with Gasteiger partial charge in [0.15, 0.2) is 0 Å². The normalized spacial score (nSPS) is 17.0. The van der Waals surface area contributed by atoms with Crippen LogP contribution in [0.1, 0.15) is 35.6 Å². The molecule has 25 heavy (non-hydrogen) atoms. The van der Waals surface area contributed by atoms with E-state index in [1.54, 1.807) is 0 Å². The van der Waals surface area contributed by atoms with Crippen molar-refractivity contribution in [2.75, 3.05) is 18.5 Å². The third kappa shape index (κ3) is 4.28. The van der Waals surface area contributed by atoms with Crippen LogP contribution < -0.4 is 10.2 Å². The number of nitrogens with one attached hydrogen (secondary N) is 1. The lowest BCUT2D eigenvalue weighted by Crippen LogP contribution is -2.25. The highest BCUT2D eigenvalue weighted by Gasteiger charge is 2.28. The van der Waals surface area contributed by atoms with Crippen LogP contribution in [-0.4, -0.2) is 19.8 Å². The molecule has 0 fully saturated rings. The topological polar surface area (TPSA) is 15.3 Å². The second kappa shape index (κ2) is 7.26. The van der Waals surface area contributed by atoms with Gasteiger partial charge in [-0.3, -0.25) is 0 Å². The van der Waals surface area contributed by atoms with Crippen LogP contribution in [0.25, 0.3) is 0 Å². The maximum Gasteiger partial charge on any atom is 0.389 e. The van der Waals surface area contributed by atoms with E-state index < -0.39 is 12.6 Å².